The van der Waals surface area contributed by atoms with Crippen LogP contribution in [0.2, 0.25) is 0 Å². The molecule has 6 heteroatoms. The van der Waals surface area contributed by atoms with Gasteiger partial charge in [-0.25, -0.2) is 9.78 Å². The topological polar surface area (TPSA) is 79.3 Å². The average Bonchev–Trinajstić information content (AvgIpc) is 2.47. The molecule has 1 heterocycles. The van der Waals surface area contributed by atoms with Crippen molar-refractivity contribution in [1.82, 2.24) is 10.3 Å². The molecule has 2 aromatic rings. The van der Waals surface area contributed by atoms with Crippen LogP contribution in [-0.2, 0) is 11.2 Å². The Bertz CT molecular complexity index is 726. The van der Waals surface area contributed by atoms with Crippen molar-refractivity contribution in [3.8, 4) is 0 Å². The van der Waals surface area contributed by atoms with Crippen LogP contribution < -0.4 is 5.32 Å². The third-order valence-electron chi connectivity index (χ3n) is 3.35. The Kier molecular flexibility index (Phi) is 5.50. The first-order chi connectivity index (χ1) is 10.9. The number of nitrogens with zero attached hydrogens (tertiary/aromatic N) is 1. The summed E-state index contributed by atoms with van der Waals surface area (Å²) in [6, 6.07) is 7.91. The zero-order valence-corrected chi connectivity index (χ0v) is 14.4. The molecule has 0 spiro atoms. The van der Waals surface area contributed by atoms with Crippen molar-refractivity contribution < 1.29 is 14.7 Å². The minimum Gasteiger partial charge on any atom is -0.480 e. The van der Waals surface area contributed by atoms with E-state index in [4.69, 9.17) is 0 Å². The van der Waals surface area contributed by atoms with E-state index in [0.717, 1.165) is 16.7 Å². The lowest BCUT2D eigenvalue weighted by Crippen LogP contribution is -2.42. The van der Waals surface area contributed by atoms with E-state index in [-0.39, 0.29) is 6.42 Å². The van der Waals surface area contributed by atoms with Gasteiger partial charge in [0.1, 0.15) is 10.6 Å². The van der Waals surface area contributed by atoms with E-state index in [1.54, 1.807) is 30.5 Å². The number of carbonyl (C=O) groups excluding carboxylic acids is 1. The molecule has 0 aliphatic rings. The third-order valence-corrected chi connectivity index (χ3v) is 4.06. The maximum atomic E-state index is 12.3. The van der Waals surface area contributed by atoms with Crippen LogP contribution in [-0.4, -0.2) is 28.0 Å². The first-order valence-electron chi connectivity index (χ1n) is 7.08. The van der Waals surface area contributed by atoms with E-state index in [9.17, 15) is 14.7 Å². The molecule has 23 heavy (non-hydrogen) atoms. The molecule has 1 atom stereocenters. The van der Waals surface area contributed by atoms with Crippen LogP contribution in [0.25, 0.3) is 0 Å². The molecule has 5 nitrogen and oxygen atoms in total. The number of benzene rings is 1. The van der Waals surface area contributed by atoms with Gasteiger partial charge in [0.15, 0.2) is 0 Å². The second-order valence-corrected chi connectivity index (χ2v) is 6.15. The van der Waals surface area contributed by atoms with E-state index in [1.807, 2.05) is 19.9 Å². The molecule has 1 aromatic heterocycles. The van der Waals surface area contributed by atoms with E-state index in [0.29, 0.717) is 10.2 Å². The summed E-state index contributed by atoms with van der Waals surface area (Å²) in [4.78, 5) is 27.9. The molecule has 0 saturated heterocycles. The maximum absolute atomic E-state index is 12.3. The van der Waals surface area contributed by atoms with E-state index < -0.39 is 17.9 Å². The normalized spacial score (nSPS) is 11.8. The molecular formula is C17H17BrN2O3. The Morgan fingerprint density at radius 3 is 2.48 bits per heavy atom. The van der Waals surface area contributed by atoms with Crippen LogP contribution in [0, 0.1) is 13.8 Å². The summed E-state index contributed by atoms with van der Waals surface area (Å²) in [5.41, 5.74) is 3.09. The molecule has 0 bridgehead atoms. The summed E-state index contributed by atoms with van der Waals surface area (Å²) in [7, 11) is 0. The minimum absolute atomic E-state index is 0.153. The highest BCUT2D eigenvalue weighted by Gasteiger charge is 2.22. The fourth-order valence-corrected chi connectivity index (χ4v) is 2.75. The predicted molar refractivity (Wildman–Crippen MR) is 90.4 cm³/mol. The van der Waals surface area contributed by atoms with Gasteiger partial charge in [-0.05, 0) is 53.5 Å². The molecule has 0 unspecified atom stereocenters. The van der Waals surface area contributed by atoms with Crippen LogP contribution in [0.1, 0.15) is 27.0 Å². The van der Waals surface area contributed by atoms with Crippen molar-refractivity contribution in [3.05, 3.63) is 63.4 Å². The highest BCUT2D eigenvalue weighted by molar-refractivity contribution is 9.10. The summed E-state index contributed by atoms with van der Waals surface area (Å²) < 4.78 is 0.576. The molecule has 0 radical (unpaired) electrons. The third kappa shape index (κ3) is 4.63. The van der Waals surface area contributed by atoms with Gasteiger partial charge in [0.05, 0.1) is 0 Å². The fourth-order valence-electron chi connectivity index (χ4n) is 2.34. The second kappa shape index (κ2) is 7.37. The summed E-state index contributed by atoms with van der Waals surface area (Å²) in [5, 5.41) is 12.0. The Morgan fingerprint density at radius 1 is 1.26 bits per heavy atom. The number of hydrogen-bond donors (Lipinski definition) is 2. The van der Waals surface area contributed by atoms with Gasteiger partial charge in [-0.2, -0.15) is 0 Å². The van der Waals surface area contributed by atoms with Gasteiger partial charge in [0, 0.05) is 18.2 Å². The zero-order chi connectivity index (χ0) is 17.0. The SMILES string of the molecule is Cc1cc(C)cc(C(=O)N[C@@H](Cc2cccnc2Br)C(=O)O)c1. The maximum Gasteiger partial charge on any atom is 0.326 e. The molecule has 2 N–H and O–H groups in total. The summed E-state index contributed by atoms with van der Waals surface area (Å²) in [5.74, 6) is -1.48. The number of aliphatic carboxylic acids is 1. The molecule has 0 fully saturated rings. The number of carboxylic acid groups (broad SMARTS) is 1. The predicted octanol–water partition coefficient (Wildman–Crippen LogP) is 2.89. The van der Waals surface area contributed by atoms with Crippen molar-refractivity contribution >= 4 is 27.8 Å². The number of aromatic nitrogens is 1. The summed E-state index contributed by atoms with van der Waals surface area (Å²) >= 11 is 3.29. The number of aryl methyl sites for hydroxylation is 2. The standard InChI is InChI=1S/C17H17BrN2O3/c1-10-6-11(2)8-13(7-10)16(21)20-14(17(22)23)9-12-4-3-5-19-15(12)18/h3-8,14H,9H2,1-2H3,(H,20,21)(H,22,23)/t14-/m0/s1. The van der Waals surface area contributed by atoms with Crippen molar-refractivity contribution in [1.29, 1.82) is 0 Å². The minimum atomic E-state index is -1.08. The highest BCUT2D eigenvalue weighted by Crippen LogP contribution is 2.15. The molecule has 1 aromatic carbocycles. The van der Waals surface area contributed by atoms with Crippen LogP contribution in [0.5, 0.6) is 0 Å². The quantitative estimate of drug-likeness (QED) is 0.786. The number of nitrogens with one attached hydrogen (secondary N) is 1. The lowest BCUT2D eigenvalue weighted by Gasteiger charge is -2.15. The number of carbonyl (C=O) groups is 2. The molecule has 120 valence electrons. The molecular weight excluding hydrogens is 360 g/mol. The first-order valence-corrected chi connectivity index (χ1v) is 7.87. The number of carboxylic acids is 1. The van der Waals surface area contributed by atoms with E-state index >= 15 is 0 Å². The van der Waals surface area contributed by atoms with Crippen molar-refractivity contribution in [3.63, 3.8) is 0 Å². The summed E-state index contributed by atoms with van der Waals surface area (Å²) in [6.07, 6.45) is 1.76. The first kappa shape index (κ1) is 17.1. The Hall–Kier alpha value is -2.21. The molecule has 2 rings (SSSR count). The second-order valence-electron chi connectivity index (χ2n) is 5.40. The highest BCUT2D eigenvalue weighted by atomic mass is 79.9. The number of hydrogen-bond acceptors (Lipinski definition) is 3. The molecule has 0 saturated carbocycles. The van der Waals surface area contributed by atoms with Crippen LogP contribution in [0.3, 0.4) is 0 Å². The largest absolute Gasteiger partial charge is 0.480 e. The van der Waals surface area contributed by atoms with E-state index in [1.165, 1.54) is 0 Å². The van der Waals surface area contributed by atoms with Crippen molar-refractivity contribution in [2.45, 2.75) is 26.3 Å². The summed E-state index contributed by atoms with van der Waals surface area (Å²) in [6.45, 7) is 3.79. The Labute approximate surface area is 142 Å². The number of rotatable bonds is 5. The van der Waals surface area contributed by atoms with Gasteiger partial charge in [0.25, 0.3) is 5.91 Å². The van der Waals surface area contributed by atoms with Crippen LogP contribution in [0.4, 0.5) is 0 Å². The number of amides is 1. The molecule has 0 aliphatic heterocycles. The van der Waals surface area contributed by atoms with Gasteiger partial charge in [-0.1, -0.05) is 23.3 Å². The lowest BCUT2D eigenvalue weighted by molar-refractivity contribution is -0.139. The monoisotopic (exact) mass is 376 g/mol. The van der Waals surface area contributed by atoms with Gasteiger partial charge < -0.3 is 10.4 Å². The van der Waals surface area contributed by atoms with Gasteiger partial charge in [-0.15, -0.1) is 0 Å². The van der Waals surface area contributed by atoms with Gasteiger partial charge in [0.2, 0.25) is 0 Å². The van der Waals surface area contributed by atoms with Crippen molar-refractivity contribution in [2.75, 3.05) is 0 Å². The molecule has 1 amide bonds. The smallest absolute Gasteiger partial charge is 0.326 e. The van der Waals surface area contributed by atoms with Crippen LogP contribution >= 0.6 is 15.9 Å². The lowest BCUT2D eigenvalue weighted by atomic mass is 10.0. The number of pyridine rings is 1. The van der Waals surface area contributed by atoms with Gasteiger partial charge >= 0.3 is 5.97 Å². The zero-order valence-electron chi connectivity index (χ0n) is 12.8. The Balaban J connectivity index is 2.18. The van der Waals surface area contributed by atoms with Gasteiger partial charge in [-0.3, -0.25) is 4.79 Å². The fraction of sp³-hybridized carbons (Fsp3) is 0.235. The average molecular weight is 377 g/mol. The molecule has 0 aliphatic carbocycles. The Morgan fingerprint density at radius 2 is 1.91 bits per heavy atom. The van der Waals surface area contributed by atoms with Crippen LogP contribution in [0.15, 0.2) is 41.1 Å². The van der Waals surface area contributed by atoms with Crippen molar-refractivity contribution in [2.24, 2.45) is 0 Å². The number of halogens is 1. The van der Waals surface area contributed by atoms with E-state index in [2.05, 4.69) is 26.2 Å².